The quantitative estimate of drug-likeness (QED) is 0.231. The van der Waals surface area contributed by atoms with Crippen LogP contribution in [0.25, 0.3) is 10.9 Å². The molecular weight excluding hydrogens is 600 g/mol. The molecule has 5 rings (SSSR count). The number of pyridine rings is 1. The van der Waals surface area contributed by atoms with E-state index in [0.717, 1.165) is 5.56 Å². The van der Waals surface area contributed by atoms with Gasteiger partial charge in [0.2, 0.25) is 10.0 Å². The van der Waals surface area contributed by atoms with Crippen molar-refractivity contribution in [3.63, 3.8) is 0 Å². The zero-order valence-electron chi connectivity index (χ0n) is 21.6. The van der Waals surface area contributed by atoms with Gasteiger partial charge < -0.3 is 9.47 Å². The number of rotatable bonds is 8. The van der Waals surface area contributed by atoms with Gasteiger partial charge in [0, 0.05) is 26.7 Å². The van der Waals surface area contributed by atoms with Crippen molar-refractivity contribution < 1.29 is 22.1 Å². The van der Waals surface area contributed by atoms with Crippen molar-refractivity contribution in [3.05, 3.63) is 101 Å². The van der Waals surface area contributed by atoms with Gasteiger partial charge in [-0.05, 0) is 48.9 Å². The Bertz CT molecular complexity index is 1680. The van der Waals surface area contributed by atoms with Crippen LogP contribution in [0.4, 0.5) is 0 Å². The SMILES string of the molecule is COc1ccc([C@H]2C([S@@](=O)c3ccc(C)cc3)=C[C@@H](CBr)N2S(=O)(=O)c2cccc3cccnc23)cc1OC. The fourth-order valence-corrected chi connectivity index (χ4v) is 8.84. The first-order chi connectivity index (χ1) is 18.8. The Balaban J connectivity index is 1.72. The molecule has 1 aromatic heterocycles. The van der Waals surface area contributed by atoms with Crippen LogP contribution in [-0.4, -0.2) is 47.5 Å². The summed E-state index contributed by atoms with van der Waals surface area (Å²) in [5, 5.41) is 1.02. The molecule has 0 amide bonds. The Morgan fingerprint density at radius 1 is 0.974 bits per heavy atom. The van der Waals surface area contributed by atoms with Crippen LogP contribution in [-0.2, 0) is 20.8 Å². The minimum atomic E-state index is -4.13. The molecule has 2 heterocycles. The van der Waals surface area contributed by atoms with Crippen molar-refractivity contribution in [2.24, 2.45) is 0 Å². The zero-order valence-corrected chi connectivity index (χ0v) is 24.8. The van der Waals surface area contributed by atoms with Crippen LogP contribution < -0.4 is 9.47 Å². The highest BCUT2D eigenvalue weighted by Gasteiger charge is 2.46. The summed E-state index contributed by atoms with van der Waals surface area (Å²) >= 11 is 3.51. The average molecular weight is 628 g/mol. The van der Waals surface area contributed by atoms with Gasteiger partial charge in [-0.25, -0.2) is 12.6 Å². The molecule has 0 radical (unpaired) electrons. The molecule has 0 fully saturated rings. The van der Waals surface area contributed by atoms with Gasteiger partial charge in [-0.2, -0.15) is 4.31 Å². The molecule has 0 spiro atoms. The molecule has 0 N–H and O–H groups in total. The number of hydrogen-bond acceptors (Lipinski definition) is 6. The maximum absolute atomic E-state index is 14.5. The van der Waals surface area contributed by atoms with Gasteiger partial charge in [0.05, 0.1) is 42.6 Å². The van der Waals surface area contributed by atoms with E-state index in [2.05, 4.69) is 20.9 Å². The molecule has 0 aliphatic carbocycles. The molecule has 0 saturated carbocycles. The van der Waals surface area contributed by atoms with Gasteiger partial charge in [-0.3, -0.25) is 4.98 Å². The summed E-state index contributed by atoms with van der Waals surface area (Å²) in [5.41, 5.74) is 2.03. The lowest BCUT2D eigenvalue weighted by Crippen LogP contribution is -2.39. The standard InChI is InChI=1S/C29H27BrN2O5S2/c1-19-9-12-23(13-10-19)38(33)26-17-22(18-30)32(29(26)21-11-14-24(36-2)25(16-21)37-3)39(34,35)27-8-4-6-20-7-5-15-31-28(20)27/h4-17,22,29H,18H2,1-3H3/t22-,29-,38-/m0/s1. The van der Waals surface area contributed by atoms with Crippen molar-refractivity contribution in [2.75, 3.05) is 19.5 Å². The van der Waals surface area contributed by atoms with Crippen molar-refractivity contribution in [1.82, 2.24) is 9.29 Å². The second-order valence-electron chi connectivity index (χ2n) is 9.06. The Kier molecular flexibility index (Phi) is 7.91. The summed E-state index contributed by atoms with van der Waals surface area (Å²) in [5.74, 6) is 0.955. The van der Waals surface area contributed by atoms with Gasteiger partial charge in [0.25, 0.3) is 0 Å². The lowest BCUT2D eigenvalue weighted by molar-refractivity contribution is 0.347. The molecule has 10 heteroatoms. The van der Waals surface area contributed by atoms with E-state index < -0.39 is 32.9 Å². The van der Waals surface area contributed by atoms with E-state index in [0.29, 0.717) is 43.1 Å². The fraction of sp³-hybridized carbons (Fsp3) is 0.207. The van der Waals surface area contributed by atoms with Crippen LogP contribution in [0.1, 0.15) is 17.2 Å². The summed E-state index contributed by atoms with van der Waals surface area (Å²) in [6, 6.07) is 19.9. The number of sulfonamides is 1. The summed E-state index contributed by atoms with van der Waals surface area (Å²) < 4.78 is 55.4. The van der Waals surface area contributed by atoms with Crippen molar-refractivity contribution in [3.8, 4) is 11.5 Å². The molecule has 202 valence electrons. The maximum atomic E-state index is 14.5. The van der Waals surface area contributed by atoms with Gasteiger partial charge >= 0.3 is 0 Å². The van der Waals surface area contributed by atoms with E-state index >= 15 is 0 Å². The molecule has 1 aliphatic heterocycles. The third-order valence-corrected chi connectivity index (χ3v) is 10.8. The van der Waals surface area contributed by atoms with Crippen LogP contribution in [0.2, 0.25) is 0 Å². The summed E-state index contributed by atoms with van der Waals surface area (Å²) in [7, 11) is -2.70. The number of ether oxygens (including phenoxy) is 2. The van der Waals surface area contributed by atoms with Crippen LogP contribution in [0.15, 0.2) is 99.8 Å². The molecule has 0 saturated heterocycles. The van der Waals surface area contributed by atoms with Gasteiger partial charge in [-0.15, -0.1) is 0 Å². The second kappa shape index (κ2) is 11.2. The monoisotopic (exact) mass is 626 g/mol. The molecule has 1 aliphatic rings. The summed E-state index contributed by atoms with van der Waals surface area (Å²) in [6.45, 7) is 1.96. The first kappa shape index (κ1) is 27.5. The van der Waals surface area contributed by atoms with E-state index in [1.54, 1.807) is 48.7 Å². The number of para-hydroxylation sites is 1. The zero-order chi connectivity index (χ0) is 27.7. The third-order valence-electron chi connectivity index (χ3n) is 6.69. The number of hydrogen-bond donors (Lipinski definition) is 0. The number of aromatic nitrogens is 1. The van der Waals surface area contributed by atoms with Gasteiger partial charge in [0.15, 0.2) is 11.5 Å². The average Bonchev–Trinajstić information content (AvgIpc) is 3.37. The predicted octanol–water partition coefficient (Wildman–Crippen LogP) is 5.76. The number of alkyl halides is 1. The van der Waals surface area contributed by atoms with Crippen LogP contribution in [0, 0.1) is 6.92 Å². The van der Waals surface area contributed by atoms with E-state index in [-0.39, 0.29) is 4.90 Å². The Morgan fingerprint density at radius 3 is 2.38 bits per heavy atom. The normalized spacial score (nSPS) is 18.6. The number of nitrogens with zero attached hydrogens (tertiary/aromatic N) is 2. The lowest BCUT2D eigenvalue weighted by atomic mass is 10.1. The van der Waals surface area contributed by atoms with Crippen LogP contribution >= 0.6 is 15.9 Å². The van der Waals surface area contributed by atoms with Crippen LogP contribution in [0.3, 0.4) is 0 Å². The first-order valence-electron chi connectivity index (χ1n) is 12.2. The minimum Gasteiger partial charge on any atom is -0.493 e. The number of methoxy groups -OCH3 is 2. The molecular formula is C29H27BrN2O5S2. The molecule has 0 bridgehead atoms. The highest BCUT2D eigenvalue weighted by molar-refractivity contribution is 9.09. The summed E-state index contributed by atoms with van der Waals surface area (Å²) in [6.07, 6.45) is 3.37. The van der Waals surface area contributed by atoms with Crippen molar-refractivity contribution in [1.29, 1.82) is 0 Å². The summed E-state index contributed by atoms with van der Waals surface area (Å²) in [4.78, 5) is 5.56. The minimum absolute atomic E-state index is 0.0906. The molecule has 3 aromatic carbocycles. The van der Waals surface area contributed by atoms with Crippen molar-refractivity contribution in [2.45, 2.75) is 28.8 Å². The number of halogens is 1. The molecule has 39 heavy (non-hydrogen) atoms. The smallest absolute Gasteiger partial charge is 0.246 e. The third kappa shape index (κ3) is 5.02. The van der Waals surface area contributed by atoms with Crippen LogP contribution in [0.5, 0.6) is 11.5 Å². The fourth-order valence-electron chi connectivity index (χ4n) is 4.79. The highest BCUT2D eigenvalue weighted by atomic mass is 79.9. The Hall–Kier alpha value is -3.05. The van der Waals surface area contributed by atoms with E-state index in [9.17, 15) is 12.6 Å². The highest BCUT2D eigenvalue weighted by Crippen LogP contribution is 2.46. The number of aryl methyl sites for hydroxylation is 1. The Morgan fingerprint density at radius 2 is 1.69 bits per heavy atom. The van der Waals surface area contributed by atoms with Gasteiger partial charge in [0.1, 0.15) is 4.90 Å². The second-order valence-corrected chi connectivity index (χ2v) is 13.0. The van der Waals surface area contributed by atoms with Gasteiger partial charge in [-0.1, -0.05) is 64.0 Å². The first-order valence-corrected chi connectivity index (χ1v) is 15.9. The molecule has 7 nitrogen and oxygen atoms in total. The van der Waals surface area contributed by atoms with E-state index in [1.165, 1.54) is 18.5 Å². The van der Waals surface area contributed by atoms with E-state index in [1.807, 2.05) is 43.3 Å². The molecule has 0 unspecified atom stereocenters. The van der Waals surface area contributed by atoms with E-state index in [4.69, 9.17) is 9.47 Å². The number of benzene rings is 3. The molecule has 4 aromatic rings. The number of fused-ring (bicyclic) bond motifs is 1. The maximum Gasteiger partial charge on any atom is 0.246 e. The topological polar surface area (TPSA) is 85.8 Å². The molecule has 3 atom stereocenters. The largest absolute Gasteiger partial charge is 0.493 e. The van der Waals surface area contributed by atoms with Crippen molar-refractivity contribution >= 4 is 47.7 Å². The predicted molar refractivity (Wildman–Crippen MR) is 156 cm³/mol. The lowest BCUT2D eigenvalue weighted by Gasteiger charge is -2.31. The Labute approximate surface area is 239 Å².